The zero-order valence-corrected chi connectivity index (χ0v) is 13.2. The molecule has 1 aromatic carbocycles. The lowest BCUT2D eigenvalue weighted by molar-refractivity contribution is 0.373. The summed E-state index contributed by atoms with van der Waals surface area (Å²) in [5.74, 6) is 0.890. The lowest BCUT2D eigenvalue weighted by Crippen LogP contribution is -2.40. The summed E-state index contributed by atoms with van der Waals surface area (Å²) >= 11 is 0. The Labute approximate surface area is 125 Å². The van der Waals surface area contributed by atoms with E-state index in [4.69, 9.17) is 15.2 Å². The highest BCUT2D eigenvalue weighted by molar-refractivity contribution is 7.89. The zero-order valence-electron chi connectivity index (χ0n) is 12.3. The molecule has 0 radical (unpaired) electrons. The monoisotopic (exact) mass is 314 g/mol. The Morgan fingerprint density at radius 1 is 1.05 bits per heavy atom. The lowest BCUT2D eigenvalue weighted by atomic mass is 9.93. The van der Waals surface area contributed by atoms with Crippen LogP contribution in [0, 0.1) is 0 Å². The van der Waals surface area contributed by atoms with Gasteiger partial charge in [-0.15, -0.1) is 0 Å². The van der Waals surface area contributed by atoms with Crippen molar-refractivity contribution in [3.8, 4) is 11.5 Å². The smallest absolute Gasteiger partial charge is 0.241 e. The minimum absolute atomic E-state index is 0.0630. The Morgan fingerprint density at radius 3 is 2.05 bits per heavy atom. The van der Waals surface area contributed by atoms with Crippen LogP contribution in [0.3, 0.4) is 0 Å². The van der Waals surface area contributed by atoms with Crippen molar-refractivity contribution in [2.45, 2.75) is 42.7 Å². The first-order chi connectivity index (χ1) is 9.94. The van der Waals surface area contributed by atoms with Crippen molar-refractivity contribution in [3.05, 3.63) is 18.2 Å². The van der Waals surface area contributed by atoms with Crippen LogP contribution in [-0.2, 0) is 10.0 Å². The van der Waals surface area contributed by atoms with Crippen molar-refractivity contribution < 1.29 is 17.9 Å². The maximum absolute atomic E-state index is 12.5. The van der Waals surface area contributed by atoms with E-state index in [1.54, 1.807) is 6.07 Å². The highest BCUT2D eigenvalue weighted by atomic mass is 32.2. The van der Waals surface area contributed by atoms with Gasteiger partial charge in [0.1, 0.15) is 11.5 Å². The van der Waals surface area contributed by atoms with E-state index in [1.165, 1.54) is 26.4 Å². The van der Waals surface area contributed by atoms with E-state index in [-0.39, 0.29) is 17.0 Å². The molecule has 0 bridgehead atoms. The van der Waals surface area contributed by atoms with Crippen molar-refractivity contribution in [2.75, 3.05) is 14.2 Å². The van der Waals surface area contributed by atoms with Crippen molar-refractivity contribution >= 4 is 10.0 Å². The molecule has 0 amide bonds. The van der Waals surface area contributed by atoms with Gasteiger partial charge < -0.3 is 15.2 Å². The molecule has 2 rings (SSSR count). The molecule has 0 spiro atoms. The number of hydrogen-bond donors (Lipinski definition) is 2. The number of benzene rings is 1. The second kappa shape index (κ2) is 6.64. The fraction of sp³-hybridized carbons (Fsp3) is 0.571. The van der Waals surface area contributed by atoms with Crippen molar-refractivity contribution in [2.24, 2.45) is 5.73 Å². The molecule has 1 aromatic rings. The van der Waals surface area contributed by atoms with E-state index in [9.17, 15) is 8.42 Å². The van der Waals surface area contributed by atoms with E-state index < -0.39 is 10.0 Å². The molecule has 0 aromatic heterocycles. The van der Waals surface area contributed by atoms with Crippen molar-refractivity contribution in [3.63, 3.8) is 0 Å². The maximum atomic E-state index is 12.5. The van der Waals surface area contributed by atoms with Gasteiger partial charge in [0.25, 0.3) is 0 Å². The van der Waals surface area contributed by atoms with Gasteiger partial charge in [0.05, 0.1) is 19.1 Å². The summed E-state index contributed by atoms with van der Waals surface area (Å²) in [4.78, 5) is 0.147. The molecule has 0 aliphatic heterocycles. The van der Waals surface area contributed by atoms with E-state index in [0.717, 1.165) is 25.7 Å². The number of nitrogens with one attached hydrogen (secondary N) is 1. The van der Waals surface area contributed by atoms with E-state index in [0.29, 0.717) is 11.5 Å². The van der Waals surface area contributed by atoms with E-state index >= 15 is 0 Å². The molecule has 6 nitrogen and oxygen atoms in total. The summed E-state index contributed by atoms with van der Waals surface area (Å²) in [5.41, 5.74) is 5.84. The molecule has 1 aliphatic rings. The van der Waals surface area contributed by atoms with Gasteiger partial charge in [-0.1, -0.05) is 0 Å². The summed E-state index contributed by atoms with van der Waals surface area (Å²) in [6.07, 6.45) is 3.21. The third-order valence-electron chi connectivity index (χ3n) is 3.73. The highest BCUT2D eigenvalue weighted by Crippen LogP contribution is 2.26. The number of hydrogen-bond acceptors (Lipinski definition) is 5. The molecule has 1 saturated carbocycles. The molecule has 1 aliphatic carbocycles. The van der Waals surface area contributed by atoms with Crippen LogP contribution < -0.4 is 19.9 Å². The molecule has 7 heteroatoms. The van der Waals surface area contributed by atoms with Crippen LogP contribution in [0.4, 0.5) is 0 Å². The third-order valence-corrected chi connectivity index (χ3v) is 5.23. The highest BCUT2D eigenvalue weighted by Gasteiger charge is 2.25. The molecule has 0 atom stereocenters. The molecule has 3 N–H and O–H groups in total. The van der Waals surface area contributed by atoms with Gasteiger partial charge >= 0.3 is 0 Å². The molecule has 21 heavy (non-hydrogen) atoms. The van der Waals surface area contributed by atoms with Crippen molar-refractivity contribution in [1.29, 1.82) is 0 Å². The maximum Gasteiger partial charge on any atom is 0.241 e. The number of rotatable bonds is 5. The van der Waals surface area contributed by atoms with Crippen molar-refractivity contribution in [1.82, 2.24) is 4.72 Å². The van der Waals surface area contributed by atoms with Crippen LogP contribution in [0.25, 0.3) is 0 Å². The largest absolute Gasteiger partial charge is 0.497 e. The van der Waals surface area contributed by atoms with Crippen LogP contribution in [0.1, 0.15) is 25.7 Å². The van der Waals surface area contributed by atoms with Gasteiger partial charge in [-0.25, -0.2) is 13.1 Å². The summed E-state index contributed by atoms with van der Waals surface area (Å²) in [7, 11) is -0.619. The number of methoxy groups -OCH3 is 2. The summed E-state index contributed by atoms with van der Waals surface area (Å²) in [6.45, 7) is 0. The fourth-order valence-electron chi connectivity index (χ4n) is 2.46. The molecule has 0 saturated heterocycles. The van der Waals surface area contributed by atoms with Gasteiger partial charge in [-0.2, -0.15) is 0 Å². The number of ether oxygens (including phenoxy) is 2. The van der Waals surface area contributed by atoms with Crippen LogP contribution in [-0.4, -0.2) is 34.7 Å². The average Bonchev–Trinajstić information content (AvgIpc) is 2.48. The fourth-order valence-corrected chi connectivity index (χ4v) is 3.81. The first-order valence-corrected chi connectivity index (χ1v) is 8.44. The van der Waals surface area contributed by atoms with Gasteiger partial charge in [-0.05, 0) is 25.7 Å². The Hall–Kier alpha value is -1.31. The molecule has 1 fully saturated rings. The predicted octanol–water partition coefficient (Wildman–Crippen LogP) is 1.25. The first kappa shape index (κ1) is 16.1. The second-order valence-electron chi connectivity index (χ2n) is 5.28. The number of sulfonamides is 1. The van der Waals surface area contributed by atoms with E-state index in [2.05, 4.69) is 4.72 Å². The molecular weight excluding hydrogens is 292 g/mol. The van der Waals surface area contributed by atoms with Crippen LogP contribution in [0.5, 0.6) is 11.5 Å². The molecule has 0 heterocycles. The quantitative estimate of drug-likeness (QED) is 0.853. The van der Waals surface area contributed by atoms with E-state index in [1.807, 2.05) is 0 Å². The van der Waals surface area contributed by atoms with Gasteiger partial charge in [0.2, 0.25) is 10.0 Å². The predicted molar refractivity (Wildman–Crippen MR) is 80.1 cm³/mol. The Kier molecular flexibility index (Phi) is 5.08. The lowest BCUT2D eigenvalue weighted by Gasteiger charge is -2.26. The molecule has 118 valence electrons. The van der Waals surface area contributed by atoms with Gasteiger partial charge in [0.15, 0.2) is 0 Å². The molecular formula is C14H22N2O4S. The Balaban J connectivity index is 2.19. The zero-order chi connectivity index (χ0) is 15.5. The SMILES string of the molecule is COc1cc(OC)cc(S(=O)(=O)NC2CCC(N)CC2)c1. The third kappa shape index (κ3) is 4.09. The van der Waals surface area contributed by atoms with Gasteiger partial charge in [0, 0.05) is 30.3 Å². The first-order valence-electron chi connectivity index (χ1n) is 6.95. The van der Waals surface area contributed by atoms with Gasteiger partial charge in [-0.3, -0.25) is 0 Å². The number of nitrogens with two attached hydrogens (primary N) is 1. The average molecular weight is 314 g/mol. The Morgan fingerprint density at radius 2 is 1.57 bits per heavy atom. The summed E-state index contributed by atoms with van der Waals surface area (Å²) in [6, 6.07) is 4.73. The normalized spacial score (nSPS) is 22.8. The summed E-state index contributed by atoms with van der Waals surface area (Å²) < 4.78 is 37.9. The van der Waals surface area contributed by atoms with Crippen LogP contribution >= 0.6 is 0 Å². The molecule has 0 unspecified atom stereocenters. The summed E-state index contributed by atoms with van der Waals surface area (Å²) in [5, 5.41) is 0. The Bertz CT molecular complexity index is 558. The minimum Gasteiger partial charge on any atom is -0.497 e. The topological polar surface area (TPSA) is 90.6 Å². The standard InChI is InChI=1S/C14H22N2O4S/c1-19-12-7-13(20-2)9-14(8-12)21(17,18)16-11-5-3-10(15)4-6-11/h7-11,16H,3-6,15H2,1-2H3. The second-order valence-corrected chi connectivity index (χ2v) is 7.00. The minimum atomic E-state index is -3.59. The van der Waals surface area contributed by atoms with Crippen LogP contribution in [0.15, 0.2) is 23.1 Å². The van der Waals surface area contributed by atoms with Crippen LogP contribution in [0.2, 0.25) is 0 Å².